The zero-order valence-electron chi connectivity index (χ0n) is 8.26. The average Bonchev–Trinajstić information content (AvgIpc) is 2.03. The highest BCUT2D eigenvalue weighted by molar-refractivity contribution is 8.56. The summed E-state index contributed by atoms with van der Waals surface area (Å²) in [5.74, 6) is 1.62. The Morgan fingerprint density at radius 1 is 1.33 bits per heavy atom. The topological polar surface area (TPSA) is 41.1 Å². The van der Waals surface area contributed by atoms with Gasteiger partial charge in [0, 0.05) is 5.75 Å². The van der Waals surface area contributed by atoms with Gasteiger partial charge in [-0.2, -0.15) is 0 Å². The molecule has 0 spiro atoms. The minimum atomic E-state index is -2.32. The second-order valence-corrected chi connectivity index (χ2v) is 8.00. The number of hydrogen-bond donors (Lipinski definition) is 2. The Morgan fingerprint density at radius 2 is 1.83 bits per heavy atom. The molecule has 0 aromatic rings. The van der Waals surface area contributed by atoms with Crippen molar-refractivity contribution in [1.82, 2.24) is 10.2 Å². The van der Waals surface area contributed by atoms with Crippen molar-refractivity contribution in [3.8, 4) is 0 Å². The molecule has 74 valence electrons. The average molecular weight is 210 g/mol. The summed E-state index contributed by atoms with van der Waals surface area (Å²) in [6.45, 7) is 2.02. The van der Waals surface area contributed by atoms with Gasteiger partial charge < -0.3 is 0 Å². The van der Waals surface area contributed by atoms with Crippen LogP contribution in [-0.2, 0) is 4.57 Å². The lowest BCUT2D eigenvalue weighted by atomic mass is 10.2. The molecule has 0 fully saturated rings. The minimum absolute atomic E-state index is 0.680. The molecule has 3 nitrogen and oxygen atoms in total. The Hall–Kier alpha value is 0.500. The van der Waals surface area contributed by atoms with Gasteiger partial charge in [-0.15, -0.1) is 0 Å². The summed E-state index contributed by atoms with van der Waals surface area (Å²) < 4.78 is 11.7. The van der Waals surface area contributed by atoms with Gasteiger partial charge in [-0.05, 0) is 26.4 Å². The van der Waals surface area contributed by atoms with Crippen molar-refractivity contribution in [2.24, 2.45) is 5.92 Å². The van der Waals surface area contributed by atoms with Crippen LogP contribution in [0.3, 0.4) is 0 Å². The van der Waals surface area contributed by atoms with Crippen molar-refractivity contribution >= 4 is 18.0 Å². The highest BCUT2D eigenvalue weighted by Gasteiger charge is 2.16. The second kappa shape index (κ2) is 6.03. The third-order valence-corrected chi connectivity index (χ3v) is 6.25. The monoisotopic (exact) mass is 210 g/mol. The molecule has 0 aliphatic carbocycles. The lowest BCUT2D eigenvalue weighted by Crippen LogP contribution is -2.13. The molecule has 5 heteroatoms. The van der Waals surface area contributed by atoms with Gasteiger partial charge in [0.2, 0.25) is 0 Å². The molecule has 0 aliphatic rings. The number of rotatable bonds is 6. The lowest BCUT2D eigenvalue weighted by molar-refractivity contribution is 0.574. The fourth-order valence-electron chi connectivity index (χ4n) is 0.658. The van der Waals surface area contributed by atoms with Crippen LogP contribution in [0.4, 0.5) is 0 Å². The van der Waals surface area contributed by atoms with Crippen LogP contribution < -0.4 is 10.2 Å². The van der Waals surface area contributed by atoms with E-state index in [1.807, 2.05) is 0 Å². The molecule has 12 heavy (non-hydrogen) atoms. The first-order chi connectivity index (χ1) is 5.54. The van der Waals surface area contributed by atoms with Crippen molar-refractivity contribution in [2.45, 2.75) is 20.3 Å². The first-order valence-electron chi connectivity index (χ1n) is 4.16. The largest absolute Gasteiger partial charge is 0.277 e. The molecule has 0 saturated heterocycles. The van der Waals surface area contributed by atoms with Gasteiger partial charge in [-0.25, -0.2) is 10.2 Å². The van der Waals surface area contributed by atoms with E-state index >= 15 is 0 Å². The summed E-state index contributed by atoms with van der Waals surface area (Å²) in [5, 5.41) is 5.62. The SMILES string of the molecule is CNP(=O)(NC)SCCC(C)C. The molecule has 0 bridgehead atoms. The smallest absolute Gasteiger partial charge is 0.265 e. The number of hydrogen-bond acceptors (Lipinski definition) is 2. The van der Waals surface area contributed by atoms with Crippen LogP contribution in [0.25, 0.3) is 0 Å². The Kier molecular flexibility index (Phi) is 6.28. The van der Waals surface area contributed by atoms with E-state index in [-0.39, 0.29) is 0 Å². The van der Waals surface area contributed by atoms with Gasteiger partial charge in [-0.1, -0.05) is 25.2 Å². The minimum Gasteiger partial charge on any atom is -0.277 e. The molecule has 0 unspecified atom stereocenters. The molecule has 0 aromatic carbocycles. The lowest BCUT2D eigenvalue weighted by Gasteiger charge is -2.15. The number of nitrogens with one attached hydrogen (secondary N) is 2. The summed E-state index contributed by atoms with van der Waals surface area (Å²) in [5.41, 5.74) is 0. The van der Waals surface area contributed by atoms with E-state index in [0.29, 0.717) is 5.92 Å². The van der Waals surface area contributed by atoms with E-state index in [1.54, 1.807) is 14.1 Å². The van der Waals surface area contributed by atoms with Gasteiger partial charge in [0.25, 0.3) is 6.65 Å². The van der Waals surface area contributed by atoms with Crippen molar-refractivity contribution < 1.29 is 4.57 Å². The van der Waals surface area contributed by atoms with Crippen molar-refractivity contribution in [3.63, 3.8) is 0 Å². The van der Waals surface area contributed by atoms with E-state index in [4.69, 9.17) is 0 Å². The van der Waals surface area contributed by atoms with Crippen LogP contribution in [0.2, 0.25) is 0 Å². The maximum atomic E-state index is 11.7. The molecule has 0 radical (unpaired) electrons. The predicted molar refractivity (Wildman–Crippen MR) is 57.6 cm³/mol. The van der Waals surface area contributed by atoms with E-state index < -0.39 is 6.65 Å². The molecule has 0 amide bonds. The molecule has 0 heterocycles. The van der Waals surface area contributed by atoms with Crippen LogP contribution >= 0.6 is 18.0 Å². The summed E-state index contributed by atoms with van der Waals surface area (Å²) in [4.78, 5) is 0. The van der Waals surface area contributed by atoms with Gasteiger partial charge in [0.1, 0.15) is 0 Å². The first-order valence-corrected chi connectivity index (χ1v) is 7.46. The molecule has 0 rings (SSSR count). The summed E-state index contributed by atoms with van der Waals surface area (Å²) in [6, 6.07) is 0. The summed E-state index contributed by atoms with van der Waals surface area (Å²) >= 11 is 1.49. The zero-order chi connectivity index (χ0) is 9.61. The zero-order valence-corrected chi connectivity index (χ0v) is 9.97. The highest BCUT2D eigenvalue weighted by Crippen LogP contribution is 2.49. The van der Waals surface area contributed by atoms with Crippen LogP contribution in [0, 0.1) is 5.92 Å². The van der Waals surface area contributed by atoms with E-state index in [2.05, 4.69) is 24.0 Å². The van der Waals surface area contributed by atoms with E-state index in [1.165, 1.54) is 11.4 Å². The first kappa shape index (κ1) is 12.5. The van der Waals surface area contributed by atoms with Gasteiger partial charge in [-0.3, -0.25) is 4.57 Å². The van der Waals surface area contributed by atoms with Crippen LogP contribution in [0.1, 0.15) is 20.3 Å². The van der Waals surface area contributed by atoms with Crippen molar-refractivity contribution in [3.05, 3.63) is 0 Å². The summed E-state index contributed by atoms with van der Waals surface area (Å²) in [6.07, 6.45) is 1.11. The van der Waals surface area contributed by atoms with Crippen molar-refractivity contribution in [2.75, 3.05) is 19.8 Å². The van der Waals surface area contributed by atoms with Crippen molar-refractivity contribution in [1.29, 1.82) is 0 Å². The Morgan fingerprint density at radius 3 is 2.17 bits per heavy atom. The second-order valence-electron chi connectivity index (χ2n) is 3.01. The third-order valence-electron chi connectivity index (χ3n) is 1.56. The van der Waals surface area contributed by atoms with Gasteiger partial charge >= 0.3 is 0 Å². The Balaban J connectivity index is 3.67. The van der Waals surface area contributed by atoms with E-state index in [9.17, 15) is 4.57 Å². The quantitative estimate of drug-likeness (QED) is 0.660. The van der Waals surface area contributed by atoms with Crippen LogP contribution in [0.5, 0.6) is 0 Å². The molecule has 2 N–H and O–H groups in total. The summed E-state index contributed by atoms with van der Waals surface area (Å²) in [7, 11) is 3.44. The maximum Gasteiger partial charge on any atom is 0.265 e. The van der Waals surface area contributed by atoms with Gasteiger partial charge in [0.15, 0.2) is 0 Å². The van der Waals surface area contributed by atoms with Gasteiger partial charge in [0.05, 0.1) is 0 Å². The standard InChI is InChI=1S/C7H19N2OPS/c1-7(2)5-6-12-11(10,8-3)9-4/h7H,5-6H2,1-4H3,(H2,8,9,10). The fraction of sp³-hybridized carbons (Fsp3) is 1.00. The Labute approximate surface area is 79.3 Å². The van der Waals surface area contributed by atoms with Crippen LogP contribution in [-0.4, -0.2) is 19.8 Å². The molecule has 0 aromatic heterocycles. The maximum absolute atomic E-state index is 11.7. The fourth-order valence-corrected chi connectivity index (χ4v) is 3.84. The van der Waals surface area contributed by atoms with E-state index in [0.717, 1.165) is 12.2 Å². The molecule has 0 saturated carbocycles. The third kappa shape index (κ3) is 5.20. The Bertz CT molecular complexity index is 155. The highest BCUT2D eigenvalue weighted by atomic mass is 32.7. The molecular weight excluding hydrogens is 191 g/mol. The predicted octanol–water partition coefficient (Wildman–Crippen LogP) is 2.31. The van der Waals surface area contributed by atoms with Crippen LogP contribution in [0.15, 0.2) is 0 Å². The molecule has 0 atom stereocenters. The molecule has 0 aliphatic heterocycles. The normalized spacial score (nSPS) is 12.4. The molecular formula is C7H19N2OPS.